The molecule has 0 saturated carbocycles. The monoisotopic (exact) mass is 515 g/mol. The summed E-state index contributed by atoms with van der Waals surface area (Å²) in [6.07, 6.45) is 0. The van der Waals surface area contributed by atoms with Gasteiger partial charge >= 0.3 is 0 Å². The van der Waals surface area contributed by atoms with E-state index in [1.165, 1.54) is 3.97 Å². The van der Waals surface area contributed by atoms with Crippen LogP contribution < -0.4 is 0 Å². The summed E-state index contributed by atoms with van der Waals surface area (Å²) >= 11 is 6.81. The molecular formula is C20H11Br2N3O2S. The average Bonchev–Trinajstić information content (AvgIpc) is 3.00. The minimum Gasteiger partial charge on any atom is -0.242 e. The van der Waals surface area contributed by atoms with E-state index < -0.39 is 10.0 Å². The van der Waals surface area contributed by atoms with Gasteiger partial charge in [-0.2, -0.15) is 0 Å². The number of nitrogens with zero attached hydrogens (tertiary/aromatic N) is 3. The predicted molar refractivity (Wildman–Crippen MR) is 117 cm³/mol. The molecule has 2 heterocycles. The Bertz CT molecular complexity index is 1490. The predicted octanol–water partition coefficient (Wildman–Crippen LogP) is 5.50. The first-order chi connectivity index (χ1) is 13.4. The molecule has 5 nitrogen and oxygen atoms in total. The first kappa shape index (κ1) is 17.8. The number of fused-ring (bicyclic) bond motifs is 4. The van der Waals surface area contributed by atoms with Gasteiger partial charge in [0.25, 0.3) is 10.0 Å². The second-order valence-corrected chi connectivity index (χ2v) is 9.89. The van der Waals surface area contributed by atoms with Crippen molar-refractivity contribution in [3.63, 3.8) is 0 Å². The molecular weight excluding hydrogens is 506 g/mol. The highest BCUT2D eigenvalue weighted by Crippen LogP contribution is 2.33. The minimum absolute atomic E-state index is 0.187. The van der Waals surface area contributed by atoms with E-state index in [4.69, 9.17) is 4.98 Å². The molecule has 5 rings (SSSR count). The molecule has 8 heteroatoms. The van der Waals surface area contributed by atoms with Crippen LogP contribution in [-0.2, 0) is 10.0 Å². The van der Waals surface area contributed by atoms with Crippen molar-refractivity contribution in [1.82, 2.24) is 13.9 Å². The fourth-order valence-electron chi connectivity index (χ4n) is 3.26. The molecule has 2 aromatic heterocycles. The van der Waals surface area contributed by atoms with E-state index in [1.54, 1.807) is 30.3 Å². The standard InChI is InChI=1S/C20H11Br2N3O2S/c21-12-5-8-14(9-6-12)28(26,27)25-18-10-7-13(22)11-15(18)19-20(25)24-17-4-2-1-3-16(17)23-19/h1-11H. The summed E-state index contributed by atoms with van der Waals surface area (Å²) in [6, 6.07) is 19.4. The SMILES string of the molecule is O=S(=O)(c1ccc(Br)cc1)n1c2ccc(Br)cc2c2nc3ccccc3nc21. The molecule has 0 atom stereocenters. The third kappa shape index (κ3) is 2.67. The molecule has 3 aromatic carbocycles. The van der Waals surface area contributed by atoms with Gasteiger partial charge in [0, 0.05) is 14.3 Å². The van der Waals surface area contributed by atoms with Crippen molar-refractivity contribution < 1.29 is 8.42 Å². The largest absolute Gasteiger partial charge is 0.269 e. The Balaban J connectivity index is 1.96. The van der Waals surface area contributed by atoms with Crippen LogP contribution in [0, 0.1) is 0 Å². The summed E-state index contributed by atoms with van der Waals surface area (Å²) in [5.74, 6) is 0. The molecule has 0 amide bonds. The van der Waals surface area contributed by atoms with Crippen LogP contribution in [0.2, 0.25) is 0 Å². The third-order valence-corrected chi connectivity index (χ3v) is 7.27. The van der Waals surface area contributed by atoms with E-state index in [2.05, 4.69) is 36.8 Å². The Hall–Kier alpha value is -2.29. The summed E-state index contributed by atoms with van der Waals surface area (Å²) in [5.41, 5.74) is 2.76. The van der Waals surface area contributed by atoms with E-state index in [1.807, 2.05) is 36.4 Å². The van der Waals surface area contributed by atoms with E-state index in [0.29, 0.717) is 22.2 Å². The number of hydrogen-bond donors (Lipinski definition) is 0. The summed E-state index contributed by atoms with van der Waals surface area (Å²) in [7, 11) is -3.87. The summed E-state index contributed by atoms with van der Waals surface area (Å²) in [5, 5.41) is 0.725. The minimum atomic E-state index is -3.87. The molecule has 28 heavy (non-hydrogen) atoms. The fraction of sp³-hybridized carbons (Fsp3) is 0. The molecule has 0 aliphatic rings. The van der Waals surface area contributed by atoms with Gasteiger partial charge in [-0.15, -0.1) is 0 Å². The fourth-order valence-corrected chi connectivity index (χ4v) is 5.35. The lowest BCUT2D eigenvalue weighted by molar-refractivity contribution is 0.590. The highest BCUT2D eigenvalue weighted by Gasteiger charge is 2.25. The first-order valence-electron chi connectivity index (χ1n) is 8.33. The molecule has 0 unspecified atom stereocenters. The van der Waals surface area contributed by atoms with Crippen LogP contribution in [0.5, 0.6) is 0 Å². The summed E-state index contributed by atoms with van der Waals surface area (Å²) in [6.45, 7) is 0. The Morgan fingerprint density at radius 1 is 0.786 bits per heavy atom. The molecule has 0 bridgehead atoms. The van der Waals surface area contributed by atoms with Crippen molar-refractivity contribution in [1.29, 1.82) is 0 Å². The van der Waals surface area contributed by atoms with Gasteiger partial charge in [0.15, 0.2) is 5.65 Å². The smallest absolute Gasteiger partial charge is 0.242 e. The number of benzene rings is 3. The number of aromatic nitrogens is 3. The summed E-state index contributed by atoms with van der Waals surface area (Å²) in [4.78, 5) is 9.55. The summed E-state index contributed by atoms with van der Waals surface area (Å²) < 4.78 is 30.0. The molecule has 0 spiro atoms. The van der Waals surface area contributed by atoms with Crippen LogP contribution in [0.4, 0.5) is 0 Å². The van der Waals surface area contributed by atoms with Crippen LogP contribution in [0.1, 0.15) is 0 Å². The molecule has 0 fully saturated rings. The highest BCUT2D eigenvalue weighted by atomic mass is 79.9. The second kappa shape index (κ2) is 6.37. The van der Waals surface area contributed by atoms with Gasteiger partial charge in [0.1, 0.15) is 5.52 Å². The van der Waals surface area contributed by atoms with Crippen molar-refractivity contribution in [2.24, 2.45) is 0 Å². The quantitative estimate of drug-likeness (QED) is 0.311. The maximum absolute atomic E-state index is 13.5. The topological polar surface area (TPSA) is 64.8 Å². The van der Waals surface area contributed by atoms with Crippen LogP contribution in [0.15, 0.2) is 80.6 Å². The van der Waals surface area contributed by atoms with Crippen molar-refractivity contribution >= 4 is 75.0 Å². The van der Waals surface area contributed by atoms with E-state index in [-0.39, 0.29) is 4.90 Å². The molecule has 0 N–H and O–H groups in total. The van der Waals surface area contributed by atoms with Crippen molar-refractivity contribution in [2.75, 3.05) is 0 Å². The van der Waals surface area contributed by atoms with Crippen LogP contribution >= 0.6 is 31.9 Å². The lowest BCUT2D eigenvalue weighted by Gasteiger charge is -2.09. The van der Waals surface area contributed by atoms with Crippen LogP contribution in [0.25, 0.3) is 33.1 Å². The Morgan fingerprint density at radius 3 is 2.14 bits per heavy atom. The molecule has 0 radical (unpaired) electrons. The van der Waals surface area contributed by atoms with Gasteiger partial charge in [-0.05, 0) is 54.6 Å². The van der Waals surface area contributed by atoms with Gasteiger partial charge in [-0.25, -0.2) is 22.4 Å². The Kier molecular flexibility index (Phi) is 4.04. The molecule has 0 aliphatic heterocycles. The lowest BCUT2D eigenvalue weighted by atomic mass is 10.2. The van der Waals surface area contributed by atoms with Crippen LogP contribution in [0.3, 0.4) is 0 Å². The molecule has 0 saturated heterocycles. The van der Waals surface area contributed by atoms with Crippen molar-refractivity contribution in [3.8, 4) is 0 Å². The average molecular weight is 517 g/mol. The number of para-hydroxylation sites is 2. The van der Waals surface area contributed by atoms with Gasteiger partial charge in [0.05, 0.1) is 21.4 Å². The molecule has 138 valence electrons. The second-order valence-electron chi connectivity index (χ2n) is 6.27. The Labute approximate surface area is 177 Å². The van der Waals surface area contributed by atoms with Crippen molar-refractivity contribution in [3.05, 3.63) is 75.7 Å². The highest BCUT2D eigenvalue weighted by molar-refractivity contribution is 9.10. The van der Waals surface area contributed by atoms with E-state index in [0.717, 1.165) is 19.8 Å². The van der Waals surface area contributed by atoms with Crippen LogP contribution in [-0.4, -0.2) is 22.4 Å². The zero-order valence-electron chi connectivity index (χ0n) is 14.2. The zero-order valence-corrected chi connectivity index (χ0v) is 18.2. The maximum Gasteiger partial charge on any atom is 0.269 e. The van der Waals surface area contributed by atoms with Gasteiger partial charge in [-0.1, -0.05) is 44.0 Å². The van der Waals surface area contributed by atoms with Crippen molar-refractivity contribution in [2.45, 2.75) is 4.90 Å². The maximum atomic E-state index is 13.5. The Morgan fingerprint density at radius 2 is 1.43 bits per heavy atom. The normalized spacial score (nSPS) is 12.2. The lowest BCUT2D eigenvalue weighted by Crippen LogP contribution is -2.13. The first-order valence-corrected chi connectivity index (χ1v) is 11.4. The van der Waals surface area contributed by atoms with Gasteiger partial charge in [-0.3, -0.25) is 0 Å². The molecule has 5 aromatic rings. The van der Waals surface area contributed by atoms with Gasteiger partial charge in [0.2, 0.25) is 0 Å². The third-order valence-electron chi connectivity index (χ3n) is 4.53. The van der Waals surface area contributed by atoms with E-state index >= 15 is 0 Å². The number of hydrogen-bond acceptors (Lipinski definition) is 4. The molecule has 0 aliphatic carbocycles. The number of halogens is 2. The number of rotatable bonds is 2. The van der Waals surface area contributed by atoms with Gasteiger partial charge < -0.3 is 0 Å². The zero-order chi connectivity index (χ0) is 19.5. The van der Waals surface area contributed by atoms with E-state index in [9.17, 15) is 8.42 Å².